The third-order valence-electron chi connectivity index (χ3n) is 3.40. The van der Waals surface area contributed by atoms with Crippen LogP contribution in [0.2, 0.25) is 0 Å². The zero-order valence-corrected chi connectivity index (χ0v) is 10.2. The van der Waals surface area contributed by atoms with Crippen LogP contribution in [0, 0.1) is 21.8 Å². The summed E-state index contributed by atoms with van der Waals surface area (Å²) in [5, 5.41) is 22.8. The van der Waals surface area contributed by atoms with Gasteiger partial charge in [0.15, 0.2) is 0 Å². The average molecular weight is 268 g/mol. The summed E-state index contributed by atoms with van der Waals surface area (Å²) in [6, 6.07) is 3.59. The monoisotopic (exact) mass is 268 g/mol. The van der Waals surface area contributed by atoms with Gasteiger partial charge in [-0.2, -0.15) is 4.39 Å². The number of hydrogen-bond donors (Lipinski definition) is 2. The smallest absolute Gasteiger partial charge is 0.329 e. The Balaban J connectivity index is 2.40. The second kappa shape index (κ2) is 4.49. The standard InChI is InChI=1S/C12H13FN2O4/c1-12(11(16)17,7-5-6-7)14-9-4-2-3-8(13)10(9)15(18)19/h2-4,7,14H,5-6H2,1H3,(H,16,17). The number of halogens is 1. The summed E-state index contributed by atoms with van der Waals surface area (Å²) in [6.45, 7) is 1.46. The van der Waals surface area contributed by atoms with Crippen LogP contribution in [0.5, 0.6) is 0 Å². The predicted octanol–water partition coefficient (Wildman–Crippen LogP) is 2.40. The second-order valence-corrected chi connectivity index (χ2v) is 4.80. The number of nitrogens with zero attached hydrogens (tertiary/aromatic N) is 1. The van der Waals surface area contributed by atoms with Gasteiger partial charge < -0.3 is 10.4 Å². The first-order valence-electron chi connectivity index (χ1n) is 5.80. The number of nitrogens with one attached hydrogen (secondary N) is 1. The fraction of sp³-hybridized carbons (Fsp3) is 0.417. The molecule has 1 unspecified atom stereocenters. The van der Waals surface area contributed by atoms with Crippen molar-refractivity contribution in [3.05, 3.63) is 34.1 Å². The Kier molecular flexibility index (Phi) is 3.13. The van der Waals surface area contributed by atoms with Gasteiger partial charge in [0.1, 0.15) is 11.2 Å². The summed E-state index contributed by atoms with van der Waals surface area (Å²) in [7, 11) is 0. The minimum Gasteiger partial charge on any atom is -0.480 e. The number of rotatable bonds is 5. The quantitative estimate of drug-likeness (QED) is 0.631. The number of hydrogen-bond acceptors (Lipinski definition) is 4. The topological polar surface area (TPSA) is 92.5 Å². The molecule has 1 fully saturated rings. The summed E-state index contributed by atoms with van der Waals surface area (Å²) >= 11 is 0. The van der Waals surface area contributed by atoms with Gasteiger partial charge in [-0.3, -0.25) is 10.1 Å². The summed E-state index contributed by atoms with van der Waals surface area (Å²) in [5.74, 6) is -2.19. The van der Waals surface area contributed by atoms with E-state index in [9.17, 15) is 24.4 Å². The van der Waals surface area contributed by atoms with Gasteiger partial charge in [-0.15, -0.1) is 0 Å². The molecule has 1 atom stereocenters. The number of carbonyl (C=O) groups is 1. The fourth-order valence-corrected chi connectivity index (χ4v) is 2.07. The third-order valence-corrected chi connectivity index (χ3v) is 3.40. The van der Waals surface area contributed by atoms with Crippen molar-refractivity contribution in [2.24, 2.45) is 5.92 Å². The summed E-state index contributed by atoms with van der Waals surface area (Å²) in [4.78, 5) is 21.4. The molecule has 0 amide bonds. The SMILES string of the molecule is CC(Nc1cccc(F)c1[N+](=O)[O-])(C(=O)O)C1CC1. The first kappa shape index (κ1) is 13.3. The molecule has 0 heterocycles. The van der Waals surface area contributed by atoms with Crippen molar-refractivity contribution in [3.63, 3.8) is 0 Å². The minimum absolute atomic E-state index is 0.104. The zero-order valence-electron chi connectivity index (χ0n) is 10.2. The van der Waals surface area contributed by atoms with Gasteiger partial charge in [0, 0.05) is 0 Å². The van der Waals surface area contributed by atoms with Crippen molar-refractivity contribution in [1.29, 1.82) is 0 Å². The van der Waals surface area contributed by atoms with E-state index >= 15 is 0 Å². The lowest BCUT2D eigenvalue weighted by atomic mass is 9.95. The van der Waals surface area contributed by atoms with E-state index in [1.165, 1.54) is 19.1 Å². The maximum absolute atomic E-state index is 13.5. The van der Waals surface area contributed by atoms with Crippen molar-refractivity contribution < 1.29 is 19.2 Å². The van der Waals surface area contributed by atoms with E-state index < -0.39 is 27.9 Å². The molecule has 7 heteroatoms. The van der Waals surface area contributed by atoms with Gasteiger partial charge in [0.2, 0.25) is 5.82 Å². The summed E-state index contributed by atoms with van der Waals surface area (Å²) in [6.07, 6.45) is 1.47. The minimum atomic E-state index is -1.32. The van der Waals surface area contributed by atoms with Gasteiger partial charge in [0.05, 0.1) is 4.92 Å². The molecular weight excluding hydrogens is 255 g/mol. The molecule has 1 aromatic carbocycles. The number of carboxylic acid groups (broad SMARTS) is 1. The lowest BCUT2D eigenvalue weighted by Crippen LogP contribution is -2.45. The molecule has 2 N–H and O–H groups in total. The van der Waals surface area contributed by atoms with Crippen LogP contribution in [-0.2, 0) is 4.79 Å². The Bertz CT molecular complexity index is 545. The Morgan fingerprint density at radius 2 is 2.21 bits per heavy atom. The normalized spacial score (nSPS) is 17.6. The van der Waals surface area contributed by atoms with Crippen molar-refractivity contribution >= 4 is 17.3 Å². The summed E-state index contributed by atoms with van der Waals surface area (Å²) in [5.41, 5.74) is -2.16. The fourth-order valence-electron chi connectivity index (χ4n) is 2.07. The molecule has 1 saturated carbocycles. The molecule has 1 aliphatic rings. The number of aliphatic carboxylic acids is 1. The molecule has 0 aromatic heterocycles. The molecule has 102 valence electrons. The lowest BCUT2D eigenvalue weighted by Gasteiger charge is -2.27. The molecule has 1 aromatic rings. The molecule has 0 saturated heterocycles. The number of para-hydroxylation sites is 1. The summed E-state index contributed by atoms with van der Waals surface area (Å²) < 4.78 is 13.5. The van der Waals surface area contributed by atoms with E-state index in [0.717, 1.165) is 18.9 Å². The zero-order chi connectivity index (χ0) is 14.2. The Labute approximate surface area is 108 Å². The van der Waals surface area contributed by atoms with Crippen molar-refractivity contribution in [1.82, 2.24) is 0 Å². The molecule has 0 spiro atoms. The van der Waals surface area contributed by atoms with Gasteiger partial charge in [-0.1, -0.05) is 6.07 Å². The molecule has 0 bridgehead atoms. The average Bonchev–Trinajstić information content (AvgIpc) is 3.11. The molecule has 2 rings (SSSR count). The van der Waals surface area contributed by atoms with E-state index in [1.54, 1.807) is 0 Å². The van der Waals surface area contributed by atoms with E-state index in [0.29, 0.717) is 0 Å². The van der Waals surface area contributed by atoms with Crippen LogP contribution in [0.25, 0.3) is 0 Å². The van der Waals surface area contributed by atoms with Crippen LogP contribution in [0.3, 0.4) is 0 Å². The third kappa shape index (κ3) is 2.35. The highest BCUT2D eigenvalue weighted by Gasteiger charge is 2.48. The number of nitro benzene ring substituents is 1. The predicted molar refractivity (Wildman–Crippen MR) is 65.4 cm³/mol. The van der Waals surface area contributed by atoms with E-state index in [2.05, 4.69) is 5.32 Å². The van der Waals surface area contributed by atoms with E-state index in [-0.39, 0.29) is 11.6 Å². The number of benzene rings is 1. The Hall–Kier alpha value is -2.18. The van der Waals surface area contributed by atoms with Gasteiger partial charge in [0.25, 0.3) is 0 Å². The van der Waals surface area contributed by atoms with Crippen LogP contribution < -0.4 is 5.32 Å². The molecule has 0 aliphatic heterocycles. The highest BCUT2D eigenvalue weighted by atomic mass is 19.1. The Morgan fingerprint density at radius 3 is 2.68 bits per heavy atom. The van der Waals surface area contributed by atoms with Gasteiger partial charge in [-0.25, -0.2) is 4.79 Å². The van der Waals surface area contributed by atoms with Gasteiger partial charge in [-0.05, 0) is 37.8 Å². The van der Waals surface area contributed by atoms with E-state index in [1.807, 2.05) is 0 Å². The molecule has 6 nitrogen and oxygen atoms in total. The van der Waals surface area contributed by atoms with Crippen molar-refractivity contribution in [3.8, 4) is 0 Å². The molecular formula is C12H13FN2O4. The maximum atomic E-state index is 13.5. The first-order valence-corrected chi connectivity index (χ1v) is 5.80. The number of anilines is 1. The second-order valence-electron chi connectivity index (χ2n) is 4.80. The van der Waals surface area contributed by atoms with E-state index in [4.69, 9.17) is 0 Å². The van der Waals surface area contributed by atoms with Crippen LogP contribution in [-0.4, -0.2) is 21.5 Å². The molecule has 0 radical (unpaired) electrons. The van der Waals surface area contributed by atoms with Crippen molar-refractivity contribution in [2.45, 2.75) is 25.3 Å². The first-order chi connectivity index (χ1) is 8.86. The number of carboxylic acids is 1. The highest BCUT2D eigenvalue weighted by molar-refractivity contribution is 5.84. The highest BCUT2D eigenvalue weighted by Crippen LogP contribution is 2.43. The van der Waals surface area contributed by atoms with Gasteiger partial charge >= 0.3 is 11.7 Å². The van der Waals surface area contributed by atoms with Crippen LogP contribution >= 0.6 is 0 Å². The maximum Gasteiger partial charge on any atom is 0.329 e. The van der Waals surface area contributed by atoms with Crippen LogP contribution in [0.15, 0.2) is 18.2 Å². The lowest BCUT2D eigenvalue weighted by molar-refractivity contribution is -0.386. The largest absolute Gasteiger partial charge is 0.480 e. The van der Waals surface area contributed by atoms with Crippen LogP contribution in [0.4, 0.5) is 15.8 Å². The Morgan fingerprint density at radius 1 is 1.58 bits per heavy atom. The molecule has 19 heavy (non-hydrogen) atoms. The van der Waals surface area contributed by atoms with Crippen molar-refractivity contribution in [2.75, 3.05) is 5.32 Å². The number of nitro groups is 1. The van der Waals surface area contributed by atoms with Crippen LogP contribution in [0.1, 0.15) is 19.8 Å². The molecule has 1 aliphatic carbocycles.